The first kappa shape index (κ1) is 21.8. The number of hydrogen-bond donors (Lipinski definition) is 3. The van der Waals surface area contributed by atoms with Crippen LogP contribution in [0.2, 0.25) is 0 Å². The molecule has 152 valence electrons. The van der Waals surface area contributed by atoms with Gasteiger partial charge in [-0.15, -0.1) is 11.8 Å². The van der Waals surface area contributed by atoms with Gasteiger partial charge in [0.25, 0.3) is 10.0 Å². The van der Waals surface area contributed by atoms with Crippen molar-refractivity contribution in [3.05, 3.63) is 47.9 Å². The number of benzene rings is 1. The average molecular weight is 426 g/mol. The predicted molar refractivity (Wildman–Crippen MR) is 107 cm³/mol. The third kappa shape index (κ3) is 5.29. The molecule has 0 aliphatic rings. The third-order valence-electron chi connectivity index (χ3n) is 3.93. The first-order valence-corrected chi connectivity index (χ1v) is 11.1. The molecule has 1 aromatic carbocycles. The van der Waals surface area contributed by atoms with Crippen LogP contribution in [0.1, 0.15) is 25.2 Å². The molecule has 2 rings (SSSR count). The number of furan rings is 1. The smallest absolute Gasteiger partial charge is 0.328 e. The largest absolute Gasteiger partial charge is 0.467 e. The summed E-state index contributed by atoms with van der Waals surface area (Å²) >= 11 is 1.23. The standard InChI is InChI=1S/C18H23N3O5S2/c1-18(2,15-6-5-9-26-15)20-16(22)11-12-7-8-13(27-4)14(10-12)28(24,25)21-17(23)19-3/h5-10H,11H2,1-4H3,(H,20,22)(H2,19,21,23). The van der Waals surface area contributed by atoms with E-state index in [2.05, 4.69) is 10.6 Å². The number of urea groups is 1. The first-order valence-electron chi connectivity index (χ1n) is 8.35. The molecule has 28 heavy (non-hydrogen) atoms. The Morgan fingerprint density at radius 1 is 1.21 bits per heavy atom. The van der Waals surface area contributed by atoms with E-state index in [1.54, 1.807) is 30.5 Å². The summed E-state index contributed by atoms with van der Waals surface area (Å²) in [5.74, 6) is 0.317. The zero-order chi connectivity index (χ0) is 20.9. The Labute approximate surface area is 168 Å². The summed E-state index contributed by atoms with van der Waals surface area (Å²) in [4.78, 5) is 24.3. The predicted octanol–water partition coefficient (Wildman–Crippen LogP) is 2.21. The van der Waals surface area contributed by atoms with Crippen LogP contribution >= 0.6 is 11.8 Å². The maximum absolute atomic E-state index is 12.5. The first-order chi connectivity index (χ1) is 13.1. The van der Waals surface area contributed by atoms with Gasteiger partial charge >= 0.3 is 6.03 Å². The van der Waals surface area contributed by atoms with Crippen molar-refractivity contribution >= 4 is 33.7 Å². The van der Waals surface area contributed by atoms with Gasteiger partial charge in [0.05, 0.1) is 18.2 Å². The van der Waals surface area contributed by atoms with Gasteiger partial charge < -0.3 is 15.1 Å². The lowest BCUT2D eigenvalue weighted by Crippen LogP contribution is -2.41. The van der Waals surface area contributed by atoms with Crippen LogP contribution in [0.4, 0.5) is 4.79 Å². The molecule has 0 bridgehead atoms. The molecule has 0 radical (unpaired) electrons. The quantitative estimate of drug-likeness (QED) is 0.586. The fourth-order valence-corrected chi connectivity index (χ4v) is 4.68. The lowest BCUT2D eigenvalue weighted by Gasteiger charge is -2.24. The Hall–Kier alpha value is -2.46. The maximum atomic E-state index is 12.5. The number of nitrogens with one attached hydrogen (secondary N) is 3. The van der Waals surface area contributed by atoms with Gasteiger partial charge in [0.2, 0.25) is 5.91 Å². The van der Waals surface area contributed by atoms with Gasteiger partial charge in [-0.1, -0.05) is 6.07 Å². The normalized spacial score (nSPS) is 11.7. The fraction of sp³-hybridized carbons (Fsp3) is 0.333. The molecular formula is C18H23N3O5S2. The van der Waals surface area contributed by atoms with Gasteiger partial charge in [-0.3, -0.25) is 4.79 Å². The SMILES string of the molecule is CNC(=O)NS(=O)(=O)c1cc(CC(=O)NC(C)(C)c2ccco2)ccc1SC. The van der Waals surface area contributed by atoms with Crippen molar-refractivity contribution in [2.45, 2.75) is 35.6 Å². The van der Waals surface area contributed by atoms with Crippen LogP contribution in [0, 0.1) is 0 Å². The molecule has 8 nitrogen and oxygen atoms in total. The molecule has 0 aliphatic carbocycles. The number of carbonyl (C=O) groups is 2. The minimum Gasteiger partial charge on any atom is -0.467 e. The number of sulfonamides is 1. The van der Waals surface area contributed by atoms with Gasteiger partial charge in [0.1, 0.15) is 10.7 Å². The number of rotatable bonds is 7. The van der Waals surface area contributed by atoms with Crippen LogP contribution in [0.3, 0.4) is 0 Å². The highest BCUT2D eigenvalue weighted by Crippen LogP contribution is 2.26. The van der Waals surface area contributed by atoms with Gasteiger partial charge in [0, 0.05) is 11.9 Å². The third-order valence-corrected chi connectivity index (χ3v) is 6.22. The van der Waals surface area contributed by atoms with Gasteiger partial charge in [-0.2, -0.15) is 0 Å². The van der Waals surface area contributed by atoms with E-state index in [0.29, 0.717) is 16.2 Å². The van der Waals surface area contributed by atoms with Crippen molar-refractivity contribution in [1.29, 1.82) is 0 Å². The molecule has 10 heteroatoms. The topological polar surface area (TPSA) is 118 Å². The molecular weight excluding hydrogens is 402 g/mol. The zero-order valence-corrected chi connectivity index (χ0v) is 17.7. The summed E-state index contributed by atoms with van der Waals surface area (Å²) in [6, 6.07) is 7.36. The second-order valence-electron chi connectivity index (χ2n) is 6.50. The van der Waals surface area contributed by atoms with E-state index in [-0.39, 0.29) is 17.2 Å². The van der Waals surface area contributed by atoms with Crippen molar-refractivity contribution in [2.24, 2.45) is 0 Å². The average Bonchev–Trinajstić information content (AvgIpc) is 3.16. The Bertz CT molecular complexity index is 954. The molecule has 0 unspecified atom stereocenters. The summed E-state index contributed by atoms with van der Waals surface area (Å²) in [5.41, 5.74) is -0.210. The fourth-order valence-electron chi connectivity index (χ4n) is 2.54. The van der Waals surface area contributed by atoms with E-state index < -0.39 is 21.6 Å². The Morgan fingerprint density at radius 3 is 2.50 bits per heavy atom. The number of amides is 3. The summed E-state index contributed by atoms with van der Waals surface area (Å²) in [6.45, 7) is 3.62. The van der Waals surface area contributed by atoms with Gasteiger partial charge in [-0.05, 0) is 49.9 Å². The summed E-state index contributed by atoms with van der Waals surface area (Å²) < 4.78 is 32.3. The van der Waals surface area contributed by atoms with Crippen LogP contribution in [0.15, 0.2) is 50.8 Å². The maximum Gasteiger partial charge on any atom is 0.328 e. The lowest BCUT2D eigenvalue weighted by atomic mass is 10.0. The van der Waals surface area contributed by atoms with Crippen LogP contribution < -0.4 is 15.4 Å². The van der Waals surface area contributed by atoms with E-state index in [1.165, 1.54) is 31.1 Å². The number of hydrogen-bond acceptors (Lipinski definition) is 6. The number of carbonyl (C=O) groups excluding carboxylic acids is 2. The molecule has 0 atom stereocenters. The van der Waals surface area contributed by atoms with Crippen molar-refractivity contribution in [3.8, 4) is 0 Å². The highest BCUT2D eigenvalue weighted by atomic mass is 32.2. The molecule has 0 saturated carbocycles. The highest BCUT2D eigenvalue weighted by molar-refractivity contribution is 7.99. The molecule has 1 aromatic heterocycles. The van der Waals surface area contributed by atoms with Gasteiger partial charge in [-0.25, -0.2) is 17.9 Å². The van der Waals surface area contributed by atoms with E-state index in [0.717, 1.165) is 0 Å². The van der Waals surface area contributed by atoms with Crippen LogP contribution in [0.5, 0.6) is 0 Å². The second kappa shape index (κ2) is 8.70. The van der Waals surface area contributed by atoms with Crippen molar-refractivity contribution in [3.63, 3.8) is 0 Å². The Kier molecular flexibility index (Phi) is 6.78. The number of thioether (sulfide) groups is 1. The molecule has 2 aromatic rings. The Balaban J connectivity index is 2.23. The zero-order valence-electron chi connectivity index (χ0n) is 16.0. The lowest BCUT2D eigenvalue weighted by molar-refractivity contribution is -0.122. The molecule has 3 N–H and O–H groups in total. The Morgan fingerprint density at radius 2 is 1.93 bits per heavy atom. The van der Waals surface area contributed by atoms with Crippen molar-refractivity contribution in [1.82, 2.24) is 15.4 Å². The monoisotopic (exact) mass is 425 g/mol. The summed E-state index contributed by atoms with van der Waals surface area (Å²) in [7, 11) is -2.75. The van der Waals surface area contributed by atoms with Crippen LogP contribution in [0.25, 0.3) is 0 Å². The molecule has 1 heterocycles. The highest BCUT2D eigenvalue weighted by Gasteiger charge is 2.26. The molecule has 0 aliphatic heterocycles. The summed E-state index contributed by atoms with van der Waals surface area (Å²) in [6.07, 6.45) is 3.23. The minimum absolute atomic E-state index is 0.0265. The van der Waals surface area contributed by atoms with E-state index in [9.17, 15) is 18.0 Å². The van der Waals surface area contributed by atoms with Gasteiger partial charge in [0.15, 0.2) is 0 Å². The second-order valence-corrected chi connectivity index (χ2v) is 9.00. The van der Waals surface area contributed by atoms with E-state index in [1.807, 2.05) is 18.6 Å². The summed E-state index contributed by atoms with van der Waals surface area (Å²) in [5, 5.41) is 5.07. The van der Waals surface area contributed by atoms with E-state index >= 15 is 0 Å². The van der Waals surface area contributed by atoms with Crippen LogP contribution in [-0.4, -0.2) is 33.7 Å². The van der Waals surface area contributed by atoms with Crippen LogP contribution in [-0.2, 0) is 26.8 Å². The molecule has 3 amide bonds. The van der Waals surface area contributed by atoms with Crippen molar-refractivity contribution in [2.75, 3.05) is 13.3 Å². The van der Waals surface area contributed by atoms with E-state index in [4.69, 9.17) is 4.42 Å². The molecule has 0 saturated heterocycles. The molecule has 0 spiro atoms. The molecule has 0 fully saturated rings. The minimum atomic E-state index is -4.07. The van der Waals surface area contributed by atoms with Crippen molar-refractivity contribution < 1.29 is 22.4 Å².